The lowest BCUT2D eigenvalue weighted by molar-refractivity contribution is -0.137. The van der Waals surface area contributed by atoms with Crippen LogP contribution >= 0.6 is 0 Å². The lowest BCUT2D eigenvalue weighted by Gasteiger charge is -2.31. The van der Waals surface area contributed by atoms with E-state index in [4.69, 9.17) is 4.74 Å². The monoisotopic (exact) mass is 466 g/mol. The number of urea groups is 1. The van der Waals surface area contributed by atoms with Crippen molar-refractivity contribution < 1.29 is 32.3 Å². The number of amides is 4. The number of nitrogens with zero attached hydrogens (tertiary/aromatic N) is 2. The fraction of sp³-hybridized carbons (Fsp3) is 0.591. The second kappa shape index (κ2) is 7.89. The Balaban J connectivity index is 1.35. The van der Waals surface area contributed by atoms with Crippen LogP contribution in [0.1, 0.15) is 31.2 Å². The summed E-state index contributed by atoms with van der Waals surface area (Å²) in [6.45, 7) is 1.21. The summed E-state index contributed by atoms with van der Waals surface area (Å²) in [5.41, 5.74) is -1.40. The first kappa shape index (κ1) is 22.0. The number of benzene rings is 1. The van der Waals surface area contributed by atoms with Crippen LogP contribution < -0.4 is 15.5 Å². The molecule has 8 nitrogen and oxygen atoms in total. The highest BCUT2D eigenvalue weighted by Gasteiger charge is 2.65. The average molecular weight is 466 g/mol. The number of hydrogen-bond acceptors (Lipinski definition) is 5. The maximum absolute atomic E-state index is 13.3. The molecular formula is C22H25F3N4O4. The van der Waals surface area contributed by atoms with Crippen LogP contribution in [0.5, 0.6) is 0 Å². The maximum atomic E-state index is 13.3. The lowest BCUT2D eigenvalue weighted by atomic mass is 9.87. The Bertz CT molecular complexity index is 972. The molecule has 1 aromatic carbocycles. The topological polar surface area (TPSA) is 91.0 Å². The number of hydrogen-bond donors (Lipinski definition) is 2. The zero-order valence-electron chi connectivity index (χ0n) is 17.9. The van der Waals surface area contributed by atoms with Gasteiger partial charge in [-0.15, -0.1) is 0 Å². The van der Waals surface area contributed by atoms with Crippen molar-refractivity contribution >= 4 is 29.2 Å². The van der Waals surface area contributed by atoms with Crippen LogP contribution in [-0.2, 0) is 20.5 Å². The number of nitrogens with one attached hydrogen (secondary N) is 2. The van der Waals surface area contributed by atoms with Crippen LogP contribution in [0.3, 0.4) is 0 Å². The fourth-order valence-corrected chi connectivity index (χ4v) is 4.95. The fourth-order valence-electron chi connectivity index (χ4n) is 4.95. The SMILES string of the molecule is O=C(CN1C(=O)NC(C2CC2)(C2CC2)C1=O)Nc1cc(C(F)(F)F)ccc1N1CCOCC1. The minimum absolute atomic E-state index is 0.0144. The van der Waals surface area contributed by atoms with Crippen LogP contribution in [0.25, 0.3) is 0 Å². The van der Waals surface area contributed by atoms with E-state index in [1.807, 2.05) is 4.90 Å². The molecule has 0 atom stereocenters. The van der Waals surface area contributed by atoms with Crippen molar-refractivity contribution in [3.05, 3.63) is 23.8 Å². The zero-order valence-corrected chi connectivity index (χ0v) is 17.9. The molecule has 0 aromatic heterocycles. The van der Waals surface area contributed by atoms with E-state index in [1.54, 1.807) is 0 Å². The third-order valence-corrected chi connectivity index (χ3v) is 6.85. The van der Waals surface area contributed by atoms with Crippen LogP contribution in [0.15, 0.2) is 18.2 Å². The van der Waals surface area contributed by atoms with Gasteiger partial charge < -0.3 is 20.3 Å². The van der Waals surface area contributed by atoms with E-state index in [1.165, 1.54) is 6.07 Å². The van der Waals surface area contributed by atoms with Crippen molar-refractivity contribution in [2.75, 3.05) is 43.1 Å². The van der Waals surface area contributed by atoms with Crippen LogP contribution in [0, 0.1) is 11.8 Å². The van der Waals surface area contributed by atoms with Gasteiger partial charge in [0, 0.05) is 13.1 Å². The first-order valence-electron chi connectivity index (χ1n) is 11.2. The number of carbonyl (C=O) groups excluding carboxylic acids is 3. The van der Waals surface area contributed by atoms with Gasteiger partial charge in [-0.25, -0.2) is 4.79 Å². The number of halogens is 3. The maximum Gasteiger partial charge on any atom is 0.416 e. The molecule has 1 aromatic rings. The molecular weight excluding hydrogens is 441 g/mol. The quantitative estimate of drug-likeness (QED) is 0.629. The summed E-state index contributed by atoms with van der Waals surface area (Å²) in [6.07, 6.45) is -1.15. The Morgan fingerprint density at radius 3 is 2.33 bits per heavy atom. The normalized spacial score (nSPS) is 23.0. The van der Waals surface area contributed by atoms with E-state index in [-0.39, 0.29) is 17.5 Å². The second-order valence-corrected chi connectivity index (χ2v) is 9.12. The van der Waals surface area contributed by atoms with Crippen molar-refractivity contribution in [2.24, 2.45) is 11.8 Å². The molecule has 2 aliphatic heterocycles. The predicted molar refractivity (Wildman–Crippen MR) is 112 cm³/mol. The third-order valence-electron chi connectivity index (χ3n) is 6.85. The smallest absolute Gasteiger partial charge is 0.378 e. The molecule has 178 valence electrons. The van der Waals surface area contributed by atoms with E-state index in [9.17, 15) is 27.6 Å². The summed E-state index contributed by atoms with van der Waals surface area (Å²) in [4.78, 5) is 41.3. The Hall–Kier alpha value is -2.82. The molecule has 0 unspecified atom stereocenters. The molecule has 2 saturated heterocycles. The Morgan fingerprint density at radius 1 is 1.12 bits per heavy atom. The van der Waals surface area contributed by atoms with E-state index in [0.29, 0.717) is 32.0 Å². The molecule has 4 amide bonds. The van der Waals surface area contributed by atoms with Crippen molar-refractivity contribution in [3.63, 3.8) is 0 Å². The van der Waals surface area contributed by atoms with Crippen LogP contribution in [0.2, 0.25) is 0 Å². The van der Waals surface area contributed by atoms with Gasteiger partial charge >= 0.3 is 12.2 Å². The molecule has 2 aliphatic carbocycles. The Kier molecular flexibility index (Phi) is 5.26. The largest absolute Gasteiger partial charge is 0.416 e. The Morgan fingerprint density at radius 2 is 1.76 bits per heavy atom. The molecule has 4 aliphatic rings. The van der Waals surface area contributed by atoms with Crippen molar-refractivity contribution in [3.8, 4) is 0 Å². The van der Waals surface area contributed by atoms with E-state index >= 15 is 0 Å². The van der Waals surface area contributed by atoms with E-state index < -0.39 is 41.7 Å². The average Bonchev–Trinajstić information content (AvgIpc) is 3.69. The number of carbonyl (C=O) groups is 3. The van der Waals surface area contributed by atoms with Gasteiger partial charge in [0.1, 0.15) is 12.1 Å². The first-order valence-corrected chi connectivity index (χ1v) is 11.2. The van der Waals surface area contributed by atoms with Crippen molar-refractivity contribution in [1.29, 1.82) is 0 Å². The summed E-state index contributed by atoms with van der Waals surface area (Å²) >= 11 is 0. The van der Waals surface area contributed by atoms with Gasteiger partial charge in [-0.05, 0) is 55.7 Å². The molecule has 5 rings (SSSR count). The molecule has 0 spiro atoms. The van der Waals surface area contributed by atoms with Gasteiger partial charge in [-0.2, -0.15) is 13.2 Å². The summed E-state index contributed by atoms with van der Waals surface area (Å²) < 4.78 is 45.2. The summed E-state index contributed by atoms with van der Waals surface area (Å²) in [5.74, 6) is -0.948. The summed E-state index contributed by atoms with van der Waals surface area (Å²) in [7, 11) is 0. The van der Waals surface area contributed by atoms with Crippen LogP contribution in [0.4, 0.5) is 29.3 Å². The second-order valence-electron chi connectivity index (χ2n) is 9.12. The first-order chi connectivity index (χ1) is 15.7. The lowest BCUT2D eigenvalue weighted by Crippen LogP contribution is -2.51. The standard InChI is InChI=1S/C22H25F3N4O4/c23-22(24,25)15-5-6-17(28-7-9-33-10-8-28)16(11-15)26-18(30)12-29-19(31)21(13-1-2-13,14-3-4-14)27-20(29)32/h5-6,11,13-14H,1-4,7-10,12H2,(H,26,30)(H,27,32). The number of rotatable bonds is 6. The van der Waals surface area contributed by atoms with Gasteiger partial charge in [-0.1, -0.05) is 0 Å². The van der Waals surface area contributed by atoms with Gasteiger partial charge in [0.25, 0.3) is 5.91 Å². The number of morpholine rings is 1. The van der Waals surface area contributed by atoms with Gasteiger partial charge in [0.2, 0.25) is 5.91 Å². The van der Waals surface area contributed by atoms with Gasteiger partial charge in [0.15, 0.2) is 0 Å². The van der Waals surface area contributed by atoms with E-state index in [0.717, 1.165) is 42.7 Å². The molecule has 11 heteroatoms. The molecule has 2 heterocycles. The van der Waals surface area contributed by atoms with Crippen molar-refractivity contribution in [2.45, 2.75) is 37.4 Å². The summed E-state index contributed by atoms with van der Waals surface area (Å²) in [6, 6.07) is 2.55. The summed E-state index contributed by atoms with van der Waals surface area (Å²) in [5, 5.41) is 5.35. The molecule has 2 N–H and O–H groups in total. The van der Waals surface area contributed by atoms with Crippen molar-refractivity contribution in [1.82, 2.24) is 10.2 Å². The Labute approximate surface area is 188 Å². The van der Waals surface area contributed by atoms with Gasteiger partial charge in [-0.3, -0.25) is 14.5 Å². The highest BCUT2D eigenvalue weighted by Crippen LogP contribution is 2.54. The molecule has 0 radical (unpaired) electrons. The highest BCUT2D eigenvalue weighted by molar-refractivity contribution is 6.11. The van der Waals surface area contributed by atoms with E-state index in [2.05, 4.69) is 10.6 Å². The number of anilines is 2. The zero-order chi connectivity index (χ0) is 23.4. The minimum atomic E-state index is -4.58. The number of alkyl halides is 3. The minimum Gasteiger partial charge on any atom is -0.378 e. The third kappa shape index (κ3) is 4.03. The molecule has 33 heavy (non-hydrogen) atoms. The molecule has 0 bridgehead atoms. The predicted octanol–water partition coefficient (Wildman–Crippen LogP) is 2.59. The van der Waals surface area contributed by atoms with Gasteiger partial charge in [0.05, 0.1) is 30.2 Å². The highest BCUT2D eigenvalue weighted by atomic mass is 19.4. The van der Waals surface area contributed by atoms with Crippen LogP contribution in [-0.4, -0.2) is 61.1 Å². The number of imide groups is 1. The number of ether oxygens (including phenoxy) is 1. The molecule has 4 fully saturated rings. The molecule has 2 saturated carbocycles.